The Labute approximate surface area is 123 Å². The minimum Gasteiger partial charge on any atom is -0.291 e. The predicted molar refractivity (Wildman–Crippen MR) is 80.7 cm³/mol. The second-order valence-electron chi connectivity index (χ2n) is 5.80. The Hall–Kier alpha value is -2.29. The van der Waals surface area contributed by atoms with Crippen LogP contribution >= 0.6 is 0 Å². The number of fused-ring (bicyclic) bond motifs is 1. The molecule has 2 aliphatic rings. The topological polar surface area (TPSA) is 41.8 Å². The summed E-state index contributed by atoms with van der Waals surface area (Å²) >= 11 is 0. The van der Waals surface area contributed by atoms with Gasteiger partial charge in [0.1, 0.15) is 0 Å². The van der Waals surface area contributed by atoms with Crippen LogP contribution in [0.3, 0.4) is 0 Å². The maximum Gasteiger partial charge on any atom is 0.193 e. The van der Waals surface area contributed by atoms with E-state index in [2.05, 4.69) is 22.4 Å². The summed E-state index contributed by atoms with van der Waals surface area (Å²) in [5.74, 6) is 0.207. The molecule has 0 saturated carbocycles. The smallest absolute Gasteiger partial charge is 0.193 e. The van der Waals surface area contributed by atoms with Crippen LogP contribution in [0, 0.1) is 0 Å². The number of Topliss-reactive ketones (excluding diaryl/α,β-unsaturated/α-hetero) is 1. The lowest BCUT2D eigenvalue weighted by Gasteiger charge is -2.34. The average molecular weight is 276 g/mol. The molecule has 0 unspecified atom stereocenters. The molecule has 2 aromatic carbocycles. The lowest BCUT2D eigenvalue weighted by Crippen LogP contribution is -2.44. The minimum absolute atomic E-state index is 0.0690. The van der Waals surface area contributed by atoms with Crippen LogP contribution in [0.1, 0.15) is 33.8 Å². The Morgan fingerprint density at radius 1 is 1.00 bits per heavy atom. The van der Waals surface area contributed by atoms with Gasteiger partial charge in [-0.3, -0.25) is 4.79 Å². The van der Waals surface area contributed by atoms with Gasteiger partial charge in [-0.05, 0) is 24.0 Å². The molecule has 0 bridgehead atoms. The number of azo groups is 1. The first-order valence-corrected chi connectivity index (χ1v) is 7.37. The number of aryl methyl sites for hydroxylation is 1. The molecular weight excluding hydrogens is 260 g/mol. The lowest BCUT2D eigenvalue weighted by atomic mass is 9.68. The van der Waals surface area contributed by atoms with Crippen molar-refractivity contribution in [2.24, 2.45) is 10.2 Å². The summed E-state index contributed by atoms with van der Waals surface area (Å²) in [5, 5.41) is 8.69. The largest absolute Gasteiger partial charge is 0.291 e. The molecule has 1 heterocycles. The average Bonchev–Trinajstić information content (AvgIpc) is 2.97. The highest BCUT2D eigenvalue weighted by molar-refractivity contribution is 6.06. The monoisotopic (exact) mass is 276 g/mol. The van der Waals surface area contributed by atoms with E-state index in [1.807, 2.05) is 42.5 Å². The SMILES string of the molecule is O=C1c2ccccc2CC[C@@]12N=NC[C@@H]2c1ccccc1. The van der Waals surface area contributed by atoms with Crippen LogP contribution in [0.5, 0.6) is 0 Å². The van der Waals surface area contributed by atoms with Crippen molar-refractivity contribution in [2.45, 2.75) is 24.3 Å². The van der Waals surface area contributed by atoms with Crippen molar-refractivity contribution in [1.29, 1.82) is 0 Å². The van der Waals surface area contributed by atoms with Gasteiger partial charge in [0.15, 0.2) is 11.3 Å². The number of nitrogens with zero attached hydrogens (tertiary/aromatic N) is 2. The Morgan fingerprint density at radius 2 is 1.76 bits per heavy atom. The van der Waals surface area contributed by atoms with E-state index >= 15 is 0 Å². The van der Waals surface area contributed by atoms with E-state index in [0.717, 1.165) is 29.5 Å². The van der Waals surface area contributed by atoms with Gasteiger partial charge in [0.05, 0.1) is 6.54 Å². The molecule has 3 nitrogen and oxygen atoms in total. The first-order chi connectivity index (χ1) is 10.3. The zero-order chi connectivity index (χ0) is 14.3. The molecule has 2 aromatic rings. The van der Waals surface area contributed by atoms with Crippen LogP contribution in [-0.2, 0) is 6.42 Å². The number of ketones is 1. The highest BCUT2D eigenvalue weighted by Gasteiger charge is 2.51. The van der Waals surface area contributed by atoms with E-state index in [1.165, 1.54) is 0 Å². The lowest BCUT2D eigenvalue weighted by molar-refractivity contribution is 0.0853. The molecule has 4 rings (SSSR count). The van der Waals surface area contributed by atoms with Gasteiger partial charge in [0.2, 0.25) is 0 Å². The first-order valence-electron chi connectivity index (χ1n) is 7.37. The summed E-state index contributed by atoms with van der Waals surface area (Å²) in [7, 11) is 0. The third kappa shape index (κ3) is 1.77. The highest BCUT2D eigenvalue weighted by atomic mass is 16.1. The third-order valence-corrected chi connectivity index (χ3v) is 4.72. The van der Waals surface area contributed by atoms with Gasteiger partial charge in [-0.15, -0.1) is 0 Å². The summed E-state index contributed by atoms with van der Waals surface area (Å²) in [4.78, 5) is 13.1. The van der Waals surface area contributed by atoms with Crippen LogP contribution in [0.25, 0.3) is 0 Å². The number of hydrogen-bond donors (Lipinski definition) is 0. The quantitative estimate of drug-likeness (QED) is 0.781. The molecule has 104 valence electrons. The van der Waals surface area contributed by atoms with Gasteiger partial charge >= 0.3 is 0 Å². The van der Waals surface area contributed by atoms with E-state index in [1.54, 1.807) is 0 Å². The van der Waals surface area contributed by atoms with E-state index in [9.17, 15) is 4.79 Å². The number of carbonyl (C=O) groups excluding carboxylic acids is 1. The second-order valence-corrected chi connectivity index (χ2v) is 5.80. The van der Waals surface area contributed by atoms with Crippen molar-refractivity contribution >= 4 is 5.78 Å². The number of rotatable bonds is 1. The summed E-state index contributed by atoms with van der Waals surface area (Å²) < 4.78 is 0. The normalized spacial score (nSPS) is 27.0. The summed E-state index contributed by atoms with van der Waals surface area (Å²) in [6.07, 6.45) is 1.65. The first kappa shape index (κ1) is 12.5. The summed E-state index contributed by atoms with van der Waals surface area (Å²) in [6, 6.07) is 18.1. The number of benzene rings is 2. The van der Waals surface area contributed by atoms with Crippen LogP contribution in [-0.4, -0.2) is 17.9 Å². The van der Waals surface area contributed by atoms with Crippen molar-refractivity contribution in [2.75, 3.05) is 6.54 Å². The molecule has 0 amide bonds. The molecule has 1 aliphatic heterocycles. The van der Waals surface area contributed by atoms with Gasteiger partial charge in [-0.25, -0.2) is 0 Å². The van der Waals surface area contributed by atoms with Crippen molar-refractivity contribution in [3.63, 3.8) is 0 Å². The zero-order valence-electron chi connectivity index (χ0n) is 11.7. The van der Waals surface area contributed by atoms with Gasteiger partial charge in [-0.1, -0.05) is 54.6 Å². The van der Waals surface area contributed by atoms with Crippen molar-refractivity contribution in [3.8, 4) is 0 Å². The Balaban J connectivity index is 1.81. The van der Waals surface area contributed by atoms with Crippen molar-refractivity contribution in [1.82, 2.24) is 0 Å². The van der Waals surface area contributed by atoms with Crippen molar-refractivity contribution < 1.29 is 4.79 Å². The fourth-order valence-corrected chi connectivity index (χ4v) is 3.60. The van der Waals surface area contributed by atoms with Crippen LogP contribution in [0.2, 0.25) is 0 Å². The maximum atomic E-state index is 13.1. The molecule has 0 N–H and O–H groups in total. The highest BCUT2D eigenvalue weighted by Crippen LogP contribution is 2.45. The van der Waals surface area contributed by atoms with Crippen molar-refractivity contribution in [3.05, 3.63) is 71.3 Å². The molecule has 0 fully saturated rings. The molecule has 3 heteroatoms. The van der Waals surface area contributed by atoms with Gasteiger partial charge in [0.25, 0.3) is 0 Å². The fraction of sp³-hybridized carbons (Fsp3) is 0.278. The molecule has 0 radical (unpaired) electrons. The third-order valence-electron chi connectivity index (χ3n) is 4.72. The molecule has 0 saturated heterocycles. The fourth-order valence-electron chi connectivity index (χ4n) is 3.60. The standard InChI is InChI=1S/C18H16N2O/c21-17-15-9-5-4-6-13(15)10-11-18(17)16(12-19-20-18)14-7-2-1-3-8-14/h1-9,16H,10-12H2/t16-,18+/m1/s1. The van der Waals surface area contributed by atoms with E-state index in [4.69, 9.17) is 0 Å². The van der Waals surface area contributed by atoms with Crippen LogP contribution in [0.15, 0.2) is 64.8 Å². The summed E-state index contributed by atoms with van der Waals surface area (Å²) in [5.41, 5.74) is 2.44. The van der Waals surface area contributed by atoms with Crippen LogP contribution in [0.4, 0.5) is 0 Å². The van der Waals surface area contributed by atoms with Gasteiger partial charge in [0, 0.05) is 11.5 Å². The van der Waals surface area contributed by atoms with E-state index in [-0.39, 0.29) is 11.7 Å². The molecule has 1 aliphatic carbocycles. The zero-order valence-corrected chi connectivity index (χ0v) is 11.7. The van der Waals surface area contributed by atoms with Gasteiger partial charge in [-0.2, -0.15) is 10.2 Å². The Bertz CT molecular complexity index is 723. The molecule has 0 aromatic heterocycles. The molecule has 1 spiro atoms. The minimum atomic E-state index is -0.685. The number of hydrogen-bond acceptors (Lipinski definition) is 3. The maximum absolute atomic E-state index is 13.1. The van der Waals surface area contributed by atoms with Crippen LogP contribution < -0.4 is 0 Å². The molecule has 21 heavy (non-hydrogen) atoms. The second kappa shape index (κ2) is 4.62. The molecule has 2 atom stereocenters. The Kier molecular flexibility index (Phi) is 2.74. The van der Waals surface area contributed by atoms with E-state index < -0.39 is 5.54 Å². The summed E-state index contributed by atoms with van der Waals surface area (Å²) in [6.45, 7) is 0.609. The van der Waals surface area contributed by atoms with Gasteiger partial charge < -0.3 is 0 Å². The Morgan fingerprint density at radius 3 is 2.62 bits per heavy atom. The molecular formula is C18H16N2O. The van der Waals surface area contributed by atoms with E-state index in [0.29, 0.717) is 6.54 Å². The predicted octanol–water partition coefficient (Wildman–Crippen LogP) is 3.80. The number of carbonyl (C=O) groups is 1.